The molecule has 1 aliphatic carbocycles. The second-order valence-corrected chi connectivity index (χ2v) is 6.55. The molecule has 0 saturated heterocycles. The Morgan fingerprint density at radius 2 is 2.08 bits per heavy atom. The summed E-state index contributed by atoms with van der Waals surface area (Å²) in [7, 11) is 1.57. The van der Waals surface area contributed by atoms with Crippen LogP contribution in [0.3, 0.4) is 0 Å². The standard InChI is InChI=1S/C19H31N3O2/c1-4-19(11-7-12-19)14-22-18(20-5-2)21-13-10-15-8-6-9-16(24-3)17(15)23/h6,8-9,23H,4-5,7,10-14H2,1-3H3,(H2,20,21,22). The van der Waals surface area contributed by atoms with E-state index in [1.165, 1.54) is 25.7 Å². The van der Waals surface area contributed by atoms with Gasteiger partial charge in [0.1, 0.15) is 0 Å². The van der Waals surface area contributed by atoms with Gasteiger partial charge in [0.25, 0.3) is 0 Å². The predicted molar refractivity (Wildman–Crippen MR) is 98.9 cm³/mol. The van der Waals surface area contributed by atoms with Gasteiger partial charge in [0.05, 0.1) is 7.11 Å². The van der Waals surface area contributed by atoms with E-state index in [0.29, 0.717) is 24.1 Å². The van der Waals surface area contributed by atoms with Crippen molar-refractivity contribution in [2.75, 3.05) is 26.7 Å². The molecule has 5 heteroatoms. The highest BCUT2D eigenvalue weighted by Gasteiger charge is 2.34. The minimum Gasteiger partial charge on any atom is -0.504 e. The van der Waals surface area contributed by atoms with Gasteiger partial charge in [-0.2, -0.15) is 0 Å². The number of aliphatic imine (C=N–C) groups is 1. The summed E-state index contributed by atoms with van der Waals surface area (Å²) in [6, 6.07) is 5.58. The Bertz CT molecular complexity index is 548. The molecule has 1 aliphatic rings. The van der Waals surface area contributed by atoms with Crippen molar-refractivity contribution in [3.63, 3.8) is 0 Å². The molecule has 0 aliphatic heterocycles. The molecule has 0 amide bonds. The molecule has 134 valence electrons. The maximum absolute atomic E-state index is 10.1. The Hall–Kier alpha value is -1.91. The topological polar surface area (TPSA) is 65.9 Å². The van der Waals surface area contributed by atoms with Gasteiger partial charge >= 0.3 is 0 Å². The molecule has 1 saturated carbocycles. The van der Waals surface area contributed by atoms with Crippen LogP contribution in [0.4, 0.5) is 0 Å². The van der Waals surface area contributed by atoms with Gasteiger partial charge in [-0.25, -0.2) is 0 Å². The van der Waals surface area contributed by atoms with Gasteiger partial charge in [0.15, 0.2) is 17.5 Å². The van der Waals surface area contributed by atoms with Crippen molar-refractivity contribution >= 4 is 5.96 Å². The highest BCUT2D eigenvalue weighted by Crippen LogP contribution is 2.43. The number of hydrogen-bond donors (Lipinski definition) is 3. The van der Waals surface area contributed by atoms with E-state index in [9.17, 15) is 5.11 Å². The van der Waals surface area contributed by atoms with Crippen LogP contribution in [-0.4, -0.2) is 37.8 Å². The fourth-order valence-electron chi connectivity index (χ4n) is 3.14. The first-order valence-corrected chi connectivity index (χ1v) is 9.01. The lowest BCUT2D eigenvalue weighted by atomic mass is 9.67. The Morgan fingerprint density at radius 3 is 2.67 bits per heavy atom. The molecular weight excluding hydrogens is 302 g/mol. The average molecular weight is 333 g/mol. The van der Waals surface area contributed by atoms with E-state index in [4.69, 9.17) is 9.73 Å². The number of phenols is 1. The number of nitrogens with one attached hydrogen (secondary N) is 2. The molecule has 24 heavy (non-hydrogen) atoms. The normalized spacial score (nSPS) is 16.4. The average Bonchev–Trinajstić information content (AvgIpc) is 2.55. The molecule has 0 spiro atoms. The van der Waals surface area contributed by atoms with Crippen LogP contribution < -0.4 is 15.4 Å². The fraction of sp³-hybridized carbons (Fsp3) is 0.632. The molecule has 1 fully saturated rings. The highest BCUT2D eigenvalue weighted by atomic mass is 16.5. The first-order valence-electron chi connectivity index (χ1n) is 9.01. The maximum atomic E-state index is 10.1. The van der Waals surface area contributed by atoms with E-state index in [0.717, 1.165) is 24.6 Å². The number of aromatic hydroxyl groups is 1. The molecular formula is C19H31N3O2. The van der Waals surface area contributed by atoms with Gasteiger partial charge in [0.2, 0.25) is 0 Å². The molecule has 0 aromatic heterocycles. The highest BCUT2D eigenvalue weighted by molar-refractivity contribution is 5.79. The van der Waals surface area contributed by atoms with E-state index in [1.807, 2.05) is 12.1 Å². The van der Waals surface area contributed by atoms with Crippen LogP contribution in [-0.2, 0) is 6.42 Å². The Labute approximate surface area is 145 Å². The molecule has 0 bridgehead atoms. The zero-order valence-corrected chi connectivity index (χ0v) is 15.2. The van der Waals surface area contributed by atoms with Crippen molar-refractivity contribution in [3.05, 3.63) is 23.8 Å². The summed E-state index contributed by atoms with van der Waals surface area (Å²) in [6.45, 7) is 6.79. The van der Waals surface area contributed by atoms with Crippen molar-refractivity contribution in [1.29, 1.82) is 0 Å². The SMILES string of the molecule is CCNC(=NCC1(CC)CCC1)NCCc1cccc(OC)c1O. The second kappa shape index (κ2) is 8.81. The van der Waals surface area contributed by atoms with E-state index in [-0.39, 0.29) is 5.75 Å². The van der Waals surface area contributed by atoms with Crippen molar-refractivity contribution < 1.29 is 9.84 Å². The van der Waals surface area contributed by atoms with Crippen LogP contribution in [0.2, 0.25) is 0 Å². The van der Waals surface area contributed by atoms with Crippen LogP contribution in [0.25, 0.3) is 0 Å². The first-order chi connectivity index (χ1) is 11.6. The van der Waals surface area contributed by atoms with Crippen LogP contribution in [0.15, 0.2) is 23.2 Å². The zero-order chi connectivity index (χ0) is 17.4. The van der Waals surface area contributed by atoms with Crippen LogP contribution in [0.1, 0.15) is 45.1 Å². The summed E-state index contributed by atoms with van der Waals surface area (Å²) < 4.78 is 5.15. The number of nitrogens with zero attached hydrogens (tertiary/aromatic N) is 1. The minimum atomic E-state index is 0.225. The van der Waals surface area contributed by atoms with Gasteiger partial charge in [-0.1, -0.05) is 25.5 Å². The monoisotopic (exact) mass is 333 g/mol. The lowest BCUT2D eigenvalue weighted by molar-refractivity contribution is 0.139. The summed E-state index contributed by atoms with van der Waals surface area (Å²) in [5.41, 5.74) is 1.30. The summed E-state index contributed by atoms with van der Waals surface area (Å²) in [4.78, 5) is 4.77. The smallest absolute Gasteiger partial charge is 0.191 e. The van der Waals surface area contributed by atoms with Crippen molar-refractivity contribution in [1.82, 2.24) is 10.6 Å². The van der Waals surface area contributed by atoms with Gasteiger partial charge in [-0.15, -0.1) is 0 Å². The van der Waals surface area contributed by atoms with Crippen molar-refractivity contribution in [3.8, 4) is 11.5 Å². The number of phenolic OH excluding ortho intramolecular Hbond substituents is 1. The molecule has 0 unspecified atom stereocenters. The van der Waals surface area contributed by atoms with E-state index < -0.39 is 0 Å². The summed E-state index contributed by atoms with van der Waals surface area (Å²) in [5, 5.41) is 16.8. The fourth-order valence-corrected chi connectivity index (χ4v) is 3.14. The summed E-state index contributed by atoms with van der Waals surface area (Å²) in [6.07, 6.45) is 5.84. The van der Waals surface area contributed by atoms with Crippen molar-refractivity contribution in [2.45, 2.75) is 46.0 Å². The van der Waals surface area contributed by atoms with Gasteiger partial charge in [-0.3, -0.25) is 4.99 Å². The Kier molecular flexibility index (Phi) is 6.76. The molecule has 1 aromatic carbocycles. The molecule has 0 atom stereocenters. The second-order valence-electron chi connectivity index (χ2n) is 6.55. The number of ether oxygens (including phenoxy) is 1. The third kappa shape index (κ3) is 4.56. The Morgan fingerprint density at radius 1 is 1.29 bits per heavy atom. The molecule has 0 radical (unpaired) electrons. The third-order valence-corrected chi connectivity index (χ3v) is 5.07. The van der Waals surface area contributed by atoms with E-state index in [2.05, 4.69) is 24.5 Å². The molecule has 1 aromatic rings. The van der Waals surface area contributed by atoms with Gasteiger partial charge in [-0.05, 0) is 49.7 Å². The van der Waals surface area contributed by atoms with Crippen LogP contribution >= 0.6 is 0 Å². The largest absolute Gasteiger partial charge is 0.504 e. The maximum Gasteiger partial charge on any atom is 0.191 e. The minimum absolute atomic E-state index is 0.225. The van der Waals surface area contributed by atoms with Gasteiger partial charge < -0.3 is 20.5 Å². The summed E-state index contributed by atoms with van der Waals surface area (Å²) >= 11 is 0. The number of hydrogen-bond acceptors (Lipinski definition) is 3. The third-order valence-electron chi connectivity index (χ3n) is 5.07. The number of rotatable bonds is 8. The molecule has 2 rings (SSSR count). The lowest BCUT2D eigenvalue weighted by Crippen LogP contribution is -2.40. The quantitative estimate of drug-likeness (QED) is 0.505. The molecule has 5 nitrogen and oxygen atoms in total. The van der Waals surface area contributed by atoms with Gasteiger partial charge in [0, 0.05) is 19.6 Å². The number of para-hydroxylation sites is 1. The zero-order valence-electron chi connectivity index (χ0n) is 15.2. The van der Waals surface area contributed by atoms with E-state index >= 15 is 0 Å². The molecule has 3 N–H and O–H groups in total. The predicted octanol–water partition coefficient (Wildman–Crippen LogP) is 3.08. The molecule has 0 heterocycles. The van der Waals surface area contributed by atoms with Crippen molar-refractivity contribution in [2.24, 2.45) is 10.4 Å². The Balaban J connectivity index is 1.89. The van der Waals surface area contributed by atoms with E-state index in [1.54, 1.807) is 13.2 Å². The van der Waals surface area contributed by atoms with Crippen LogP contribution in [0, 0.1) is 5.41 Å². The lowest BCUT2D eigenvalue weighted by Gasteiger charge is -2.40. The first kappa shape index (κ1) is 18.4. The number of guanidine groups is 1. The summed E-state index contributed by atoms with van der Waals surface area (Å²) in [5.74, 6) is 1.60. The number of benzene rings is 1. The number of methoxy groups -OCH3 is 1. The van der Waals surface area contributed by atoms with Crippen LogP contribution in [0.5, 0.6) is 11.5 Å².